The summed E-state index contributed by atoms with van der Waals surface area (Å²) in [4.78, 5) is 25.1. The summed E-state index contributed by atoms with van der Waals surface area (Å²) in [5.74, 6) is 0.157. The fraction of sp³-hybridized carbons (Fsp3) is 0.156. The number of methoxy groups -OCH3 is 2. The molecule has 0 unspecified atom stereocenters. The highest BCUT2D eigenvalue weighted by Crippen LogP contribution is 2.35. The van der Waals surface area contributed by atoms with Crippen LogP contribution < -0.4 is 29.3 Å². The van der Waals surface area contributed by atoms with Gasteiger partial charge in [-0.25, -0.2) is 13.8 Å². The van der Waals surface area contributed by atoms with Crippen molar-refractivity contribution in [2.75, 3.05) is 37.0 Å². The predicted octanol–water partition coefficient (Wildman–Crippen LogP) is 4.38. The van der Waals surface area contributed by atoms with Crippen LogP contribution in [-0.2, 0) is 19.6 Å². The van der Waals surface area contributed by atoms with Gasteiger partial charge in [-0.1, -0.05) is 35.9 Å². The van der Waals surface area contributed by atoms with Crippen LogP contribution in [0.5, 0.6) is 17.2 Å². The Morgan fingerprint density at radius 2 is 1.52 bits per heavy atom. The first kappa shape index (κ1) is 31.6. The van der Waals surface area contributed by atoms with Crippen LogP contribution >= 0.6 is 0 Å². The first-order valence-electron chi connectivity index (χ1n) is 13.4. The van der Waals surface area contributed by atoms with Gasteiger partial charge in [-0.15, -0.1) is 0 Å². The van der Waals surface area contributed by atoms with Crippen molar-refractivity contribution in [2.24, 2.45) is 5.10 Å². The number of carbonyl (C=O) groups is 2. The second-order valence-electron chi connectivity index (χ2n) is 9.43. The van der Waals surface area contributed by atoms with Crippen LogP contribution in [-0.4, -0.2) is 53.8 Å². The molecule has 0 saturated carbocycles. The normalized spacial score (nSPS) is 11.1. The van der Waals surface area contributed by atoms with E-state index < -0.39 is 22.5 Å². The average Bonchev–Trinajstić information content (AvgIpc) is 3.03. The maximum absolute atomic E-state index is 13.7. The van der Waals surface area contributed by atoms with Crippen molar-refractivity contribution in [3.8, 4) is 17.2 Å². The van der Waals surface area contributed by atoms with Gasteiger partial charge < -0.3 is 19.5 Å². The van der Waals surface area contributed by atoms with Crippen molar-refractivity contribution in [3.63, 3.8) is 0 Å². The van der Waals surface area contributed by atoms with Gasteiger partial charge in [0.2, 0.25) is 0 Å². The molecule has 44 heavy (non-hydrogen) atoms. The number of para-hydroxylation sites is 1. The average molecular weight is 617 g/mol. The lowest BCUT2D eigenvalue weighted by atomic mass is 10.2. The Bertz CT molecular complexity index is 1710. The van der Waals surface area contributed by atoms with E-state index in [1.807, 2.05) is 25.1 Å². The number of hydrazone groups is 1. The molecule has 0 aliphatic carbocycles. The van der Waals surface area contributed by atoms with Crippen LogP contribution in [0.25, 0.3) is 0 Å². The van der Waals surface area contributed by atoms with E-state index in [1.54, 1.807) is 54.6 Å². The Labute approximate surface area is 256 Å². The lowest BCUT2D eigenvalue weighted by Gasteiger charge is -2.25. The number of aryl methyl sites for hydroxylation is 1. The largest absolute Gasteiger partial charge is 0.497 e. The number of hydrogen-bond acceptors (Lipinski definition) is 8. The number of nitrogens with zero attached hydrogens (tertiary/aromatic N) is 2. The van der Waals surface area contributed by atoms with Crippen LogP contribution in [0.15, 0.2) is 107 Å². The summed E-state index contributed by atoms with van der Waals surface area (Å²) in [7, 11) is -1.30. The maximum atomic E-state index is 13.7. The molecule has 12 heteroatoms. The molecule has 0 atom stereocenters. The number of benzene rings is 4. The van der Waals surface area contributed by atoms with Gasteiger partial charge in [0.15, 0.2) is 6.61 Å². The molecule has 228 valence electrons. The Morgan fingerprint density at radius 1 is 0.841 bits per heavy atom. The molecular weight excluding hydrogens is 584 g/mol. The van der Waals surface area contributed by atoms with Gasteiger partial charge >= 0.3 is 0 Å². The number of anilines is 2. The molecule has 0 aliphatic heterocycles. The van der Waals surface area contributed by atoms with Gasteiger partial charge in [0.25, 0.3) is 21.8 Å². The number of amides is 2. The number of carbonyl (C=O) groups excluding carboxylic acids is 2. The number of rotatable bonds is 13. The number of sulfonamides is 1. The zero-order valence-electron chi connectivity index (χ0n) is 24.4. The Hall–Kier alpha value is -5.36. The van der Waals surface area contributed by atoms with Crippen LogP contribution in [0.1, 0.15) is 11.1 Å². The summed E-state index contributed by atoms with van der Waals surface area (Å²) < 4.78 is 44.5. The molecule has 11 nitrogen and oxygen atoms in total. The van der Waals surface area contributed by atoms with Crippen LogP contribution in [0.4, 0.5) is 11.4 Å². The first-order chi connectivity index (χ1) is 21.2. The zero-order valence-corrected chi connectivity index (χ0v) is 25.2. The molecule has 0 heterocycles. The number of ether oxygens (including phenoxy) is 3. The highest BCUT2D eigenvalue weighted by atomic mass is 32.2. The molecule has 0 fully saturated rings. The molecule has 0 radical (unpaired) electrons. The fourth-order valence-electron chi connectivity index (χ4n) is 3.99. The van der Waals surface area contributed by atoms with Crippen molar-refractivity contribution in [1.29, 1.82) is 0 Å². The van der Waals surface area contributed by atoms with Gasteiger partial charge in [-0.05, 0) is 73.2 Å². The summed E-state index contributed by atoms with van der Waals surface area (Å²) in [6, 6.07) is 26.7. The van der Waals surface area contributed by atoms with E-state index in [1.165, 1.54) is 44.7 Å². The minimum Gasteiger partial charge on any atom is -0.497 e. The van der Waals surface area contributed by atoms with Gasteiger partial charge in [0.1, 0.15) is 23.8 Å². The Kier molecular flexibility index (Phi) is 10.5. The smallest absolute Gasteiger partial charge is 0.264 e. The fourth-order valence-corrected chi connectivity index (χ4v) is 5.42. The van der Waals surface area contributed by atoms with E-state index in [0.717, 1.165) is 9.87 Å². The Morgan fingerprint density at radius 3 is 2.18 bits per heavy atom. The highest BCUT2D eigenvalue weighted by molar-refractivity contribution is 7.92. The topological polar surface area (TPSA) is 136 Å². The summed E-state index contributed by atoms with van der Waals surface area (Å²) in [6.45, 7) is 1.10. The maximum Gasteiger partial charge on any atom is 0.264 e. The third-order valence-corrected chi connectivity index (χ3v) is 8.04. The monoisotopic (exact) mass is 616 g/mol. The van der Waals surface area contributed by atoms with E-state index in [2.05, 4.69) is 15.8 Å². The van der Waals surface area contributed by atoms with E-state index in [0.29, 0.717) is 22.7 Å². The number of hydrogen-bond donors (Lipinski definition) is 2. The third kappa shape index (κ3) is 8.35. The molecule has 0 aliphatic rings. The molecule has 2 amide bonds. The van der Waals surface area contributed by atoms with Crippen LogP contribution in [0.3, 0.4) is 0 Å². The van der Waals surface area contributed by atoms with E-state index >= 15 is 0 Å². The summed E-state index contributed by atoms with van der Waals surface area (Å²) in [5.41, 5.74) is 4.72. The van der Waals surface area contributed by atoms with Crippen molar-refractivity contribution >= 4 is 39.4 Å². The molecule has 0 saturated heterocycles. The molecule has 0 aromatic heterocycles. The SMILES string of the molecule is COc1ccc(N(CC(=O)N/N=C/c2ccc(OCC(=O)Nc3ccccc3)cc2)S(=O)(=O)c2ccc(C)cc2)c(OC)c1. The molecule has 0 spiro atoms. The van der Waals surface area contributed by atoms with E-state index in [9.17, 15) is 18.0 Å². The van der Waals surface area contributed by atoms with Crippen LogP contribution in [0, 0.1) is 6.92 Å². The lowest BCUT2D eigenvalue weighted by molar-refractivity contribution is -0.119. The van der Waals surface area contributed by atoms with Gasteiger partial charge in [0, 0.05) is 11.8 Å². The van der Waals surface area contributed by atoms with Crippen molar-refractivity contribution in [3.05, 3.63) is 108 Å². The standard InChI is InChI=1S/C32H32N4O7S/c1-23-9-16-28(17-10-23)44(39,40)36(29-18-15-27(41-2)19-30(29)42-3)21-31(37)35-33-20-24-11-13-26(14-12-24)43-22-32(38)34-25-7-5-4-6-8-25/h4-20H,21-22H2,1-3H3,(H,34,38)(H,35,37)/b33-20+. The summed E-state index contributed by atoms with van der Waals surface area (Å²) in [6.07, 6.45) is 1.40. The minimum absolute atomic E-state index is 0.0112. The predicted molar refractivity (Wildman–Crippen MR) is 168 cm³/mol. The van der Waals surface area contributed by atoms with Crippen molar-refractivity contribution in [1.82, 2.24) is 5.43 Å². The molecule has 4 aromatic carbocycles. The van der Waals surface area contributed by atoms with E-state index in [4.69, 9.17) is 14.2 Å². The second kappa shape index (κ2) is 14.7. The molecule has 2 N–H and O–H groups in total. The zero-order chi connectivity index (χ0) is 31.5. The van der Waals surface area contributed by atoms with Gasteiger partial charge in [-0.2, -0.15) is 5.10 Å². The first-order valence-corrected chi connectivity index (χ1v) is 14.8. The second-order valence-corrected chi connectivity index (χ2v) is 11.3. The van der Waals surface area contributed by atoms with Crippen molar-refractivity contribution in [2.45, 2.75) is 11.8 Å². The summed E-state index contributed by atoms with van der Waals surface area (Å²) in [5, 5.41) is 6.71. The minimum atomic E-state index is -4.17. The molecule has 4 aromatic rings. The quantitative estimate of drug-likeness (QED) is 0.168. The highest BCUT2D eigenvalue weighted by Gasteiger charge is 2.29. The third-order valence-electron chi connectivity index (χ3n) is 6.26. The van der Waals surface area contributed by atoms with Crippen molar-refractivity contribution < 1.29 is 32.2 Å². The van der Waals surface area contributed by atoms with Crippen LogP contribution in [0.2, 0.25) is 0 Å². The molecule has 4 rings (SSSR count). The van der Waals surface area contributed by atoms with Gasteiger partial charge in [-0.3, -0.25) is 13.9 Å². The van der Waals surface area contributed by atoms with E-state index in [-0.39, 0.29) is 28.8 Å². The summed E-state index contributed by atoms with van der Waals surface area (Å²) >= 11 is 0. The lowest BCUT2D eigenvalue weighted by Crippen LogP contribution is -2.39. The van der Waals surface area contributed by atoms with Gasteiger partial charge in [0.05, 0.1) is 31.0 Å². The number of nitrogens with one attached hydrogen (secondary N) is 2. The molecule has 0 bridgehead atoms. The Balaban J connectivity index is 1.41. The molecular formula is C32H32N4O7S.